The number of carbonyl (C=O) groups is 1. The first-order chi connectivity index (χ1) is 8.55. The van der Waals surface area contributed by atoms with Gasteiger partial charge in [-0.25, -0.2) is 0 Å². The molecular weight excluding hydrogens is 226 g/mol. The second-order valence-corrected chi connectivity index (χ2v) is 7.13. The molecule has 0 aromatic carbocycles. The highest BCUT2D eigenvalue weighted by Gasteiger charge is 2.51. The Balaban J connectivity index is 1.60. The Hall–Kier alpha value is -0.570. The van der Waals surface area contributed by atoms with Crippen molar-refractivity contribution in [2.45, 2.75) is 69.9 Å². The van der Waals surface area contributed by atoms with Crippen LogP contribution in [-0.4, -0.2) is 22.7 Å². The Morgan fingerprint density at radius 3 is 2.17 bits per heavy atom. The van der Waals surface area contributed by atoms with Crippen LogP contribution in [0, 0.1) is 17.8 Å². The molecule has 4 aliphatic carbocycles. The van der Waals surface area contributed by atoms with Crippen molar-refractivity contribution in [3.05, 3.63) is 0 Å². The van der Waals surface area contributed by atoms with Crippen LogP contribution < -0.4 is 5.32 Å². The molecule has 0 aliphatic heterocycles. The third-order valence-electron chi connectivity index (χ3n) is 5.23. The smallest absolute Gasteiger partial charge is 0.220 e. The number of carbonyl (C=O) groups excluding carboxylic acids is 1. The minimum atomic E-state index is -0.368. The van der Waals surface area contributed by atoms with Gasteiger partial charge in [0.25, 0.3) is 0 Å². The zero-order valence-corrected chi connectivity index (χ0v) is 11.3. The number of rotatable bonds is 4. The molecule has 18 heavy (non-hydrogen) atoms. The van der Waals surface area contributed by atoms with Gasteiger partial charge in [0, 0.05) is 12.0 Å². The molecule has 1 atom stereocenters. The van der Waals surface area contributed by atoms with E-state index in [2.05, 4.69) is 5.32 Å². The van der Waals surface area contributed by atoms with Crippen LogP contribution in [0.15, 0.2) is 0 Å². The first-order valence-electron chi connectivity index (χ1n) is 7.54. The molecule has 4 bridgehead atoms. The SMILES string of the molecule is CC(O)CCC(=O)NC12CC3CC(CC(C3)C1)C2. The van der Waals surface area contributed by atoms with Crippen LogP contribution in [0.25, 0.3) is 0 Å². The highest BCUT2D eigenvalue weighted by atomic mass is 16.3. The lowest BCUT2D eigenvalue weighted by Crippen LogP contribution is -2.59. The van der Waals surface area contributed by atoms with Crippen LogP contribution in [0.1, 0.15) is 58.3 Å². The molecule has 4 rings (SSSR count). The zero-order chi connectivity index (χ0) is 12.8. The van der Waals surface area contributed by atoms with Crippen molar-refractivity contribution in [1.29, 1.82) is 0 Å². The molecule has 4 aliphatic rings. The fourth-order valence-corrected chi connectivity index (χ4v) is 4.96. The van der Waals surface area contributed by atoms with Gasteiger partial charge in [0.1, 0.15) is 0 Å². The Labute approximate surface area is 109 Å². The zero-order valence-electron chi connectivity index (χ0n) is 11.3. The third kappa shape index (κ3) is 2.42. The summed E-state index contributed by atoms with van der Waals surface area (Å²) in [5.74, 6) is 2.76. The third-order valence-corrected chi connectivity index (χ3v) is 5.23. The molecule has 4 fully saturated rings. The average molecular weight is 251 g/mol. The van der Waals surface area contributed by atoms with Gasteiger partial charge >= 0.3 is 0 Å². The standard InChI is InChI=1S/C15H25NO2/c1-10(17)2-3-14(18)16-15-7-11-4-12(8-15)6-13(5-11)9-15/h10-13,17H,2-9H2,1H3,(H,16,18). The van der Waals surface area contributed by atoms with Crippen LogP contribution in [0.5, 0.6) is 0 Å². The number of hydrogen-bond donors (Lipinski definition) is 2. The first-order valence-corrected chi connectivity index (χ1v) is 7.54. The van der Waals surface area contributed by atoms with E-state index in [1.54, 1.807) is 6.92 Å². The molecule has 0 spiro atoms. The topological polar surface area (TPSA) is 49.3 Å². The highest BCUT2D eigenvalue weighted by Crippen LogP contribution is 2.55. The van der Waals surface area contributed by atoms with Gasteiger partial charge in [0.2, 0.25) is 5.91 Å². The predicted octanol–water partition coefficient (Wildman–Crippen LogP) is 2.23. The van der Waals surface area contributed by atoms with E-state index in [1.165, 1.54) is 38.5 Å². The molecule has 0 aromatic heterocycles. The van der Waals surface area contributed by atoms with E-state index in [0.29, 0.717) is 12.8 Å². The molecule has 0 aromatic rings. The monoisotopic (exact) mass is 251 g/mol. The van der Waals surface area contributed by atoms with E-state index in [1.807, 2.05) is 0 Å². The number of amides is 1. The summed E-state index contributed by atoms with van der Waals surface area (Å²) in [4.78, 5) is 12.0. The quantitative estimate of drug-likeness (QED) is 0.805. The van der Waals surface area contributed by atoms with E-state index < -0.39 is 0 Å². The van der Waals surface area contributed by atoms with Crippen molar-refractivity contribution >= 4 is 5.91 Å². The predicted molar refractivity (Wildman–Crippen MR) is 70.0 cm³/mol. The molecule has 102 valence electrons. The largest absolute Gasteiger partial charge is 0.393 e. The second kappa shape index (κ2) is 4.52. The summed E-state index contributed by atoms with van der Waals surface area (Å²) in [6.07, 6.45) is 8.52. The molecule has 3 heteroatoms. The highest BCUT2D eigenvalue weighted by molar-refractivity contribution is 5.76. The van der Waals surface area contributed by atoms with Crippen LogP contribution >= 0.6 is 0 Å². The molecule has 3 nitrogen and oxygen atoms in total. The molecule has 4 saturated carbocycles. The number of aliphatic hydroxyl groups is 1. The Morgan fingerprint density at radius 2 is 1.72 bits per heavy atom. The van der Waals surface area contributed by atoms with E-state index in [9.17, 15) is 9.90 Å². The fourth-order valence-electron chi connectivity index (χ4n) is 4.96. The summed E-state index contributed by atoms with van der Waals surface area (Å²) in [5, 5.41) is 12.6. The molecule has 0 radical (unpaired) electrons. The molecule has 0 heterocycles. The maximum Gasteiger partial charge on any atom is 0.220 e. The average Bonchev–Trinajstić information content (AvgIpc) is 2.23. The number of hydrogen-bond acceptors (Lipinski definition) is 2. The summed E-state index contributed by atoms with van der Waals surface area (Å²) in [7, 11) is 0. The summed E-state index contributed by atoms with van der Waals surface area (Å²) >= 11 is 0. The van der Waals surface area contributed by atoms with E-state index in [4.69, 9.17) is 0 Å². The summed E-state index contributed by atoms with van der Waals surface area (Å²) < 4.78 is 0. The van der Waals surface area contributed by atoms with Gasteiger partial charge < -0.3 is 10.4 Å². The maximum atomic E-state index is 12.0. The van der Waals surface area contributed by atoms with Gasteiger partial charge in [0.05, 0.1) is 6.10 Å². The van der Waals surface area contributed by atoms with Crippen LogP contribution in [0.2, 0.25) is 0 Å². The first kappa shape index (κ1) is 12.5. The lowest BCUT2D eigenvalue weighted by Gasteiger charge is -2.57. The van der Waals surface area contributed by atoms with Crippen molar-refractivity contribution in [2.24, 2.45) is 17.8 Å². The summed E-state index contributed by atoms with van der Waals surface area (Å²) in [6, 6.07) is 0. The second-order valence-electron chi connectivity index (χ2n) is 7.13. The maximum absolute atomic E-state index is 12.0. The minimum absolute atomic E-state index is 0.129. The van der Waals surface area contributed by atoms with E-state index >= 15 is 0 Å². The van der Waals surface area contributed by atoms with Crippen molar-refractivity contribution in [3.63, 3.8) is 0 Å². The van der Waals surface area contributed by atoms with Gasteiger partial charge in [-0.1, -0.05) is 0 Å². The van der Waals surface area contributed by atoms with Crippen molar-refractivity contribution in [1.82, 2.24) is 5.32 Å². The summed E-state index contributed by atoms with van der Waals surface area (Å²) in [5.41, 5.74) is 0.129. The number of nitrogens with one attached hydrogen (secondary N) is 1. The normalized spacial score (nSPS) is 42.9. The Bertz CT molecular complexity index is 302. The van der Waals surface area contributed by atoms with Gasteiger partial charge in [-0.15, -0.1) is 0 Å². The van der Waals surface area contributed by atoms with Gasteiger partial charge in [-0.3, -0.25) is 4.79 Å². The van der Waals surface area contributed by atoms with Crippen LogP contribution in [-0.2, 0) is 4.79 Å². The van der Waals surface area contributed by atoms with Gasteiger partial charge in [0.15, 0.2) is 0 Å². The van der Waals surface area contributed by atoms with Gasteiger partial charge in [-0.2, -0.15) is 0 Å². The molecular formula is C15H25NO2. The Morgan fingerprint density at radius 1 is 1.22 bits per heavy atom. The lowest BCUT2D eigenvalue weighted by atomic mass is 9.53. The fraction of sp³-hybridized carbons (Fsp3) is 0.933. The van der Waals surface area contributed by atoms with Crippen LogP contribution in [0.4, 0.5) is 0 Å². The van der Waals surface area contributed by atoms with Crippen LogP contribution in [0.3, 0.4) is 0 Å². The van der Waals surface area contributed by atoms with E-state index in [0.717, 1.165) is 17.8 Å². The summed E-state index contributed by atoms with van der Waals surface area (Å²) in [6.45, 7) is 1.75. The molecule has 2 N–H and O–H groups in total. The lowest BCUT2D eigenvalue weighted by molar-refractivity contribution is -0.127. The van der Waals surface area contributed by atoms with Crippen molar-refractivity contribution in [2.75, 3.05) is 0 Å². The molecule has 1 amide bonds. The minimum Gasteiger partial charge on any atom is -0.393 e. The van der Waals surface area contributed by atoms with Crippen molar-refractivity contribution < 1.29 is 9.90 Å². The Kier molecular flexibility index (Phi) is 3.13. The van der Waals surface area contributed by atoms with Crippen molar-refractivity contribution in [3.8, 4) is 0 Å². The number of aliphatic hydroxyl groups excluding tert-OH is 1. The molecule has 0 saturated heterocycles. The van der Waals surface area contributed by atoms with E-state index in [-0.39, 0.29) is 17.6 Å². The molecule has 1 unspecified atom stereocenters. The van der Waals surface area contributed by atoms with Gasteiger partial charge in [-0.05, 0) is 69.6 Å².